The molecule has 0 saturated carbocycles. The van der Waals surface area contributed by atoms with Crippen LogP contribution in [0.4, 0.5) is 0 Å². The van der Waals surface area contributed by atoms with Crippen LogP contribution in [0.15, 0.2) is 0 Å². The van der Waals surface area contributed by atoms with Crippen molar-refractivity contribution in [2.75, 3.05) is 26.3 Å². The van der Waals surface area contributed by atoms with E-state index in [9.17, 15) is 14.4 Å². The highest BCUT2D eigenvalue weighted by molar-refractivity contribution is 9.40. The standard InChI is InChI=1S/C16H21Br6NO6/c1-14(2,10-3-5-23-6-4-10)29-11(24)9(7-27-12(25)15(17,18)19)8-28-13(26)16(20,21)22/h9-10,23H,3-8H2,1-2H3. The number of alkyl halides is 6. The summed E-state index contributed by atoms with van der Waals surface area (Å²) < 4.78 is 13.5. The Morgan fingerprint density at radius 2 is 1.31 bits per heavy atom. The molecule has 13 heteroatoms. The SMILES string of the molecule is CC(C)(OC(=O)C(COC(=O)C(Br)(Br)Br)COC(=O)C(Br)(Br)Br)C1CCNCC1. The van der Waals surface area contributed by atoms with E-state index >= 15 is 0 Å². The van der Waals surface area contributed by atoms with Crippen LogP contribution in [-0.2, 0) is 28.6 Å². The average molecular weight is 803 g/mol. The molecule has 0 aromatic heterocycles. The van der Waals surface area contributed by atoms with E-state index < -0.39 is 33.7 Å². The van der Waals surface area contributed by atoms with Gasteiger partial charge in [0, 0.05) is 5.92 Å². The number of ether oxygens (including phenoxy) is 3. The monoisotopic (exact) mass is 797 g/mol. The van der Waals surface area contributed by atoms with Crippen molar-refractivity contribution >= 4 is 113 Å². The average Bonchev–Trinajstić information content (AvgIpc) is 2.59. The number of carbonyl (C=O) groups excluding carboxylic acids is 3. The van der Waals surface area contributed by atoms with Crippen LogP contribution in [0.5, 0.6) is 0 Å². The van der Waals surface area contributed by atoms with Crippen molar-refractivity contribution in [3.05, 3.63) is 0 Å². The van der Waals surface area contributed by atoms with E-state index in [0.29, 0.717) is 0 Å². The first-order chi connectivity index (χ1) is 13.1. The van der Waals surface area contributed by atoms with Crippen molar-refractivity contribution in [3.63, 3.8) is 0 Å². The molecule has 0 spiro atoms. The summed E-state index contributed by atoms with van der Waals surface area (Å²) in [5.74, 6) is -2.81. The van der Waals surface area contributed by atoms with Gasteiger partial charge < -0.3 is 19.5 Å². The molecule has 0 amide bonds. The minimum atomic E-state index is -1.27. The lowest BCUT2D eigenvalue weighted by atomic mass is 9.83. The number of halogens is 6. The van der Waals surface area contributed by atoms with E-state index in [1.807, 2.05) is 13.8 Å². The third-order valence-electron chi connectivity index (χ3n) is 4.31. The lowest BCUT2D eigenvalue weighted by molar-refractivity contribution is -0.174. The van der Waals surface area contributed by atoms with E-state index in [-0.39, 0.29) is 19.1 Å². The molecule has 0 radical (unpaired) electrons. The summed E-state index contributed by atoms with van der Waals surface area (Å²) in [6.07, 6.45) is 1.76. The predicted molar refractivity (Wildman–Crippen MR) is 130 cm³/mol. The van der Waals surface area contributed by atoms with Crippen LogP contribution < -0.4 is 5.32 Å². The maximum atomic E-state index is 12.8. The number of nitrogens with one attached hydrogen (secondary N) is 1. The molecule has 0 aromatic carbocycles. The smallest absolute Gasteiger partial charge is 0.344 e. The Bertz CT molecular complexity index is 568. The summed E-state index contributed by atoms with van der Waals surface area (Å²) in [5, 5.41) is 3.27. The van der Waals surface area contributed by atoms with Gasteiger partial charge in [0.15, 0.2) is 0 Å². The van der Waals surface area contributed by atoms with Crippen LogP contribution in [0.2, 0.25) is 0 Å². The van der Waals surface area contributed by atoms with E-state index in [1.165, 1.54) is 0 Å². The van der Waals surface area contributed by atoms with Gasteiger partial charge in [-0.3, -0.25) is 4.79 Å². The zero-order chi connectivity index (χ0) is 22.5. The second-order valence-corrected chi connectivity index (χ2v) is 20.5. The van der Waals surface area contributed by atoms with Crippen molar-refractivity contribution < 1.29 is 28.6 Å². The van der Waals surface area contributed by atoms with E-state index in [4.69, 9.17) is 14.2 Å². The first kappa shape index (κ1) is 28.3. The topological polar surface area (TPSA) is 90.9 Å². The Morgan fingerprint density at radius 1 is 0.897 bits per heavy atom. The third-order valence-corrected chi connectivity index (χ3v) is 6.26. The second kappa shape index (κ2) is 11.9. The van der Waals surface area contributed by atoms with Gasteiger partial charge in [-0.25, -0.2) is 9.59 Å². The Hall–Kier alpha value is 1.25. The fourth-order valence-electron chi connectivity index (χ4n) is 2.64. The van der Waals surface area contributed by atoms with Gasteiger partial charge in [0.2, 0.25) is 4.29 Å². The molecule has 1 N–H and O–H groups in total. The van der Waals surface area contributed by atoms with Gasteiger partial charge in [-0.05, 0) is 135 Å². The number of piperidine rings is 1. The maximum Gasteiger partial charge on any atom is 0.344 e. The lowest BCUT2D eigenvalue weighted by Gasteiger charge is -2.37. The number of esters is 3. The van der Waals surface area contributed by atoms with E-state index in [1.54, 1.807) is 0 Å². The fraction of sp³-hybridized carbons (Fsp3) is 0.812. The van der Waals surface area contributed by atoms with Crippen LogP contribution in [0.1, 0.15) is 26.7 Å². The minimum absolute atomic E-state index is 0.194. The molecule has 1 fully saturated rings. The van der Waals surface area contributed by atoms with Gasteiger partial charge in [0.05, 0.1) is 0 Å². The van der Waals surface area contributed by atoms with Crippen LogP contribution in [0.25, 0.3) is 0 Å². The van der Waals surface area contributed by atoms with Gasteiger partial charge in [0.1, 0.15) is 24.7 Å². The maximum absolute atomic E-state index is 12.8. The fourth-order valence-corrected chi connectivity index (χ4v) is 3.33. The first-order valence-electron chi connectivity index (χ1n) is 8.56. The molecule has 0 aliphatic carbocycles. The number of hydrogen-bond donors (Lipinski definition) is 1. The van der Waals surface area contributed by atoms with Crippen LogP contribution >= 0.6 is 95.6 Å². The molecule has 0 aromatic rings. The van der Waals surface area contributed by atoms with Gasteiger partial charge in [0.25, 0.3) is 0 Å². The van der Waals surface area contributed by atoms with Crippen LogP contribution in [-0.4, -0.2) is 54.1 Å². The quantitative estimate of drug-likeness (QED) is 0.227. The molecular formula is C16H21Br6NO6. The molecule has 1 heterocycles. The number of rotatable bonds is 7. The summed E-state index contributed by atoms with van der Waals surface area (Å²) in [6, 6.07) is 0. The van der Waals surface area contributed by atoms with Crippen molar-refractivity contribution in [1.29, 1.82) is 0 Å². The molecule has 168 valence electrons. The molecule has 1 rings (SSSR count). The van der Waals surface area contributed by atoms with Gasteiger partial charge in [-0.2, -0.15) is 0 Å². The van der Waals surface area contributed by atoms with E-state index in [0.717, 1.165) is 25.9 Å². The summed E-state index contributed by atoms with van der Waals surface area (Å²) in [5.41, 5.74) is -0.709. The van der Waals surface area contributed by atoms with E-state index in [2.05, 4.69) is 101 Å². The molecule has 7 nitrogen and oxygen atoms in total. The van der Waals surface area contributed by atoms with Crippen LogP contribution in [0.3, 0.4) is 0 Å². The Labute approximate surface area is 220 Å². The minimum Gasteiger partial charge on any atom is -0.462 e. The number of hydrogen-bond acceptors (Lipinski definition) is 7. The summed E-state index contributed by atoms with van der Waals surface area (Å²) >= 11 is 18.3. The van der Waals surface area contributed by atoms with Gasteiger partial charge in [-0.1, -0.05) is 0 Å². The second-order valence-electron chi connectivity index (χ2n) is 6.94. The van der Waals surface area contributed by atoms with Crippen LogP contribution in [0, 0.1) is 11.8 Å². The van der Waals surface area contributed by atoms with Gasteiger partial charge in [-0.15, -0.1) is 0 Å². The molecule has 1 aliphatic rings. The zero-order valence-corrected chi connectivity index (χ0v) is 25.1. The van der Waals surface area contributed by atoms with Crippen molar-refractivity contribution in [1.82, 2.24) is 5.32 Å². The molecule has 29 heavy (non-hydrogen) atoms. The van der Waals surface area contributed by atoms with Crippen molar-refractivity contribution in [3.8, 4) is 0 Å². The molecule has 0 bridgehead atoms. The van der Waals surface area contributed by atoms with Crippen molar-refractivity contribution in [2.24, 2.45) is 11.8 Å². The largest absolute Gasteiger partial charge is 0.462 e. The Morgan fingerprint density at radius 3 is 1.69 bits per heavy atom. The molecule has 0 atom stereocenters. The predicted octanol–water partition coefficient (Wildman–Crippen LogP) is 4.69. The molecule has 1 saturated heterocycles. The Balaban J connectivity index is 2.82. The molecule has 1 aliphatic heterocycles. The summed E-state index contributed by atoms with van der Waals surface area (Å²) in [7, 11) is 0. The zero-order valence-electron chi connectivity index (χ0n) is 15.6. The summed E-state index contributed by atoms with van der Waals surface area (Å²) in [4.78, 5) is 36.8. The molecule has 0 unspecified atom stereocenters. The highest BCUT2D eigenvalue weighted by Crippen LogP contribution is 2.36. The highest BCUT2D eigenvalue weighted by Gasteiger charge is 2.39. The van der Waals surface area contributed by atoms with Gasteiger partial charge >= 0.3 is 17.9 Å². The summed E-state index contributed by atoms with van der Waals surface area (Å²) in [6.45, 7) is 4.79. The Kier molecular flexibility index (Phi) is 11.6. The van der Waals surface area contributed by atoms with Crippen molar-refractivity contribution in [2.45, 2.75) is 36.6 Å². The number of carbonyl (C=O) groups is 3. The lowest BCUT2D eigenvalue weighted by Crippen LogP contribution is -2.45. The normalized spacial score (nSPS) is 16.4. The first-order valence-corrected chi connectivity index (χ1v) is 13.3. The molecular weight excluding hydrogens is 782 g/mol. The third kappa shape index (κ3) is 10.2. The highest BCUT2D eigenvalue weighted by atomic mass is 80.0.